The molecule has 252 valence electrons. The molecular weight excluding hydrogens is 620 g/mol. The third-order valence-electron chi connectivity index (χ3n) is 6.76. The highest BCUT2D eigenvalue weighted by atomic mass is 16.5. The van der Waals surface area contributed by atoms with Crippen molar-refractivity contribution in [2.24, 2.45) is 0 Å². The highest BCUT2D eigenvalue weighted by Gasteiger charge is 2.17. The first-order chi connectivity index (χ1) is 23.3. The van der Waals surface area contributed by atoms with Crippen LogP contribution < -0.4 is 26.6 Å². The Kier molecular flexibility index (Phi) is 13.2. The molecule has 3 amide bonds. The van der Waals surface area contributed by atoms with Crippen LogP contribution in [0.15, 0.2) is 91.5 Å². The average molecular weight is 659 g/mol. The van der Waals surface area contributed by atoms with E-state index in [1.54, 1.807) is 40.6 Å². The first-order valence-electron chi connectivity index (χ1n) is 15.0. The van der Waals surface area contributed by atoms with E-state index in [1.165, 1.54) is 12.4 Å². The molecule has 0 aliphatic carbocycles. The normalized spacial score (nSPS) is 11.4. The van der Waals surface area contributed by atoms with E-state index < -0.39 is 18.2 Å². The van der Waals surface area contributed by atoms with Crippen molar-refractivity contribution in [3.05, 3.63) is 103 Å². The van der Waals surface area contributed by atoms with Gasteiger partial charge in [-0.1, -0.05) is 61.9 Å². The van der Waals surface area contributed by atoms with Gasteiger partial charge in [-0.2, -0.15) is 0 Å². The zero-order valence-corrected chi connectivity index (χ0v) is 26.2. The van der Waals surface area contributed by atoms with E-state index >= 15 is 0 Å². The van der Waals surface area contributed by atoms with Gasteiger partial charge in [0.05, 0.1) is 18.0 Å². The summed E-state index contributed by atoms with van der Waals surface area (Å²) in [5.74, 6) is -0.207. The van der Waals surface area contributed by atoms with Crippen LogP contribution in [0.25, 0.3) is 11.2 Å². The van der Waals surface area contributed by atoms with Gasteiger partial charge in [0.15, 0.2) is 23.3 Å². The van der Waals surface area contributed by atoms with Gasteiger partial charge in [-0.15, -0.1) is 0 Å². The first kappa shape index (κ1) is 35.2. The van der Waals surface area contributed by atoms with Gasteiger partial charge in [0, 0.05) is 17.8 Å². The predicted octanol–water partition coefficient (Wildman–Crippen LogP) is 3.93. The Morgan fingerprint density at radius 3 is 2.38 bits per heavy atom. The fourth-order valence-corrected chi connectivity index (χ4v) is 4.50. The number of hydrogen-bond acceptors (Lipinski definition) is 11. The summed E-state index contributed by atoms with van der Waals surface area (Å²) in [6, 6.07) is 22.5. The van der Waals surface area contributed by atoms with Crippen LogP contribution >= 0.6 is 0 Å². The molecule has 5 rings (SSSR count). The molecule has 0 aliphatic heterocycles. The molecule has 0 bridgehead atoms. The number of carbonyl (C=O) groups is 2. The maximum absolute atomic E-state index is 12.4. The fraction of sp³-hybridized carbons (Fsp3) is 0.242. The summed E-state index contributed by atoms with van der Waals surface area (Å²) in [6.07, 6.45) is 3.15. The van der Waals surface area contributed by atoms with Crippen LogP contribution in [0.4, 0.5) is 22.0 Å². The molecule has 0 aliphatic rings. The van der Waals surface area contributed by atoms with Gasteiger partial charge in [0.2, 0.25) is 0 Å². The number of urea groups is 1. The second kappa shape index (κ2) is 17.9. The number of fused-ring (bicyclic) bond motifs is 1. The van der Waals surface area contributed by atoms with Gasteiger partial charge in [-0.3, -0.25) is 19.9 Å². The minimum Gasteiger partial charge on any atom is -0.490 e. The summed E-state index contributed by atoms with van der Waals surface area (Å²) in [7, 11) is 0. The van der Waals surface area contributed by atoms with Crippen LogP contribution in [0.3, 0.4) is 0 Å². The Morgan fingerprint density at radius 1 is 0.958 bits per heavy atom. The predicted molar refractivity (Wildman–Crippen MR) is 178 cm³/mol. The lowest BCUT2D eigenvalue weighted by atomic mass is 10.1. The molecule has 2 heterocycles. The summed E-state index contributed by atoms with van der Waals surface area (Å²) in [5, 5.41) is 31.6. The van der Waals surface area contributed by atoms with Gasteiger partial charge in [-0.25, -0.2) is 25.2 Å². The van der Waals surface area contributed by atoms with E-state index in [0.29, 0.717) is 35.4 Å². The number of rotatable bonds is 13. The molecule has 0 saturated carbocycles. The molecule has 0 saturated heterocycles. The van der Waals surface area contributed by atoms with Crippen molar-refractivity contribution in [2.45, 2.75) is 45.3 Å². The van der Waals surface area contributed by atoms with Gasteiger partial charge in [0.25, 0.3) is 5.91 Å². The van der Waals surface area contributed by atoms with Crippen LogP contribution in [0.5, 0.6) is 5.75 Å². The molecule has 48 heavy (non-hydrogen) atoms. The van der Waals surface area contributed by atoms with Gasteiger partial charge in [-0.05, 0) is 42.3 Å². The number of nitrogens with one attached hydrogen (secondary N) is 3. The number of amides is 3. The topological polar surface area (TPSA) is 219 Å². The van der Waals surface area contributed by atoms with Crippen LogP contribution in [-0.4, -0.2) is 65.9 Å². The maximum Gasteiger partial charge on any atom is 0.324 e. The standard InChI is InChI=1S/C25H28N8O5.C8H10O2/c1-2-6-18(12-37-20-10-9-16(26)11-19(20)24(34)32-36)38-15-33-14-29-21-22(27-13-28-23(21)33)31-25(35)30-17-7-4-3-5-8-17;9-8(10)6-7-4-2-1-3-5-7/h3-5,7-11,13-14,18,36H,2,6,12,15,26H2,1H3,(H,32,34)(H2,27,28,30,31,35);1-5,8-10H,6H2. The van der Waals surface area contributed by atoms with Crippen molar-refractivity contribution in [3.63, 3.8) is 0 Å². The minimum absolute atomic E-state index is 0.108. The highest BCUT2D eigenvalue weighted by Crippen LogP contribution is 2.23. The molecule has 2 aromatic heterocycles. The summed E-state index contributed by atoms with van der Waals surface area (Å²) in [6.45, 7) is 2.28. The monoisotopic (exact) mass is 658 g/mol. The minimum atomic E-state index is -1.23. The number of aromatic nitrogens is 4. The molecule has 8 N–H and O–H groups in total. The second-order valence-corrected chi connectivity index (χ2v) is 10.4. The number of imidazole rings is 1. The van der Waals surface area contributed by atoms with Crippen molar-refractivity contribution >= 4 is 40.3 Å². The molecule has 1 unspecified atom stereocenters. The Balaban J connectivity index is 0.000000445. The lowest BCUT2D eigenvalue weighted by molar-refractivity contribution is -0.0381. The third-order valence-corrected chi connectivity index (χ3v) is 6.76. The van der Waals surface area contributed by atoms with Gasteiger partial charge < -0.3 is 30.7 Å². The number of benzene rings is 3. The van der Waals surface area contributed by atoms with Crippen LogP contribution in [0.1, 0.15) is 35.7 Å². The number of nitrogens with two attached hydrogens (primary N) is 1. The smallest absolute Gasteiger partial charge is 0.324 e. The van der Waals surface area contributed by atoms with Crippen LogP contribution in [-0.2, 0) is 17.9 Å². The quantitative estimate of drug-likeness (QED) is 0.0416. The SMILES string of the molecule is CCCC(COc1ccc(N)cc1C(=O)NO)OCn1cnc2c(NC(=O)Nc3ccccc3)ncnc21.OC(O)Cc1ccccc1. The van der Waals surface area contributed by atoms with Crippen molar-refractivity contribution in [3.8, 4) is 5.75 Å². The van der Waals surface area contributed by atoms with Crippen LogP contribution in [0.2, 0.25) is 0 Å². The fourth-order valence-electron chi connectivity index (χ4n) is 4.50. The van der Waals surface area contributed by atoms with E-state index in [9.17, 15) is 9.59 Å². The van der Waals surface area contributed by atoms with Crippen molar-refractivity contribution < 1.29 is 34.5 Å². The molecule has 1 atom stereocenters. The molecule has 0 radical (unpaired) electrons. The number of hydroxylamine groups is 1. The summed E-state index contributed by atoms with van der Waals surface area (Å²) >= 11 is 0. The van der Waals surface area contributed by atoms with E-state index in [2.05, 4.69) is 25.6 Å². The van der Waals surface area contributed by atoms with Gasteiger partial charge >= 0.3 is 6.03 Å². The molecule has 15 heteroatoms. The average Bonchev–Trinajstić information content (AvgIpc) is 3.51. The lowest BCUT2D eigenvalue weighted by Gasteiger charge is -2.19. The number of carbonyl (C=O) groups excluding carboxylic acids is 2. The van der Waals surface area contributed by atoms with Crippen molar-refractivity contribution in [2.75, 3.05) is 23.0 Å². The van der Waals surface area contributed by atoms with Crippen LogP contribution in [0, 0.1) is 0 Å². The highest BCUT2D eigenvalue weighted by molar-refractivity contribution is 6.02. The molecule has 0 fully saturated rings. The Labute approximate surface area is 276 Å². The third kappa shape index (κ3) is 10.5. The Morgan fingerprint density at radius 2 is 1.69 bits per heavy atom. The Bertz CT molecular complexity index is 1750. The number of aliphatic hydroxyl groups is 2. The van der Waals surface area contributed by atoms with E-state index in [0.717, 1.165) is 12.0 Å². The number of hydrogen-bond donors (Lipinski definition) is 7. The number of nitrogens with zero attached hydrogens (tertiary/aromatic N) is 4. The van der Waals surface area contributed by atoms with E-state index in [1.807, 2.05) is 55.5 Å². The molecule has 5 aromatic rings. The van der Waals surface area contributed by atoms with Crippen molar-refractivity contribution in [1.82, 2.24) is 25.0 Å². The molecule has 15 nitrogen and oxygen atoms in total. The molecular formula is C33H38N8O7. The summed E-state index contributed by atoms with van der Waals surface area (Å²) in [5.41, 5.74) is 10.3. The zero-order valence-electron chi connectivity index (χ0n) is 26.2. The van der Waals surface area contributed by atoms with E-state index in [4.69, 9.17) is 30.6 Å². The number of aliphatic hydroxyl groups excluding tert-OH is 1. The zero-order chi connectivity index (χ0) is 34.3. The largest absolute Gasteiger partial charge is 0.490 e. The number of anilines is 3. The maximum atomic E-state index is 12.4. The summed E-state index contributed by atoms with van der Waals surface area (Å²) in [4.78, 5) is 37.2. The molecule has 3 aromatic carbocycles. The Hall–Kier alpha value is -5.61. The number of ether oxygens (including phenoxy) is 2. The lowest BCUT2D eigenvalue weighted by Crippen LogP contribution is -2.25. The second-order valence-electron chi connectivity index (χ2n) is 10.4. The van der Waals surface area contributed by atoms with E-state index in [-0.39, 0.29) is 36.6 Å². The summed E-state index contributed by atoms with van der Waals surface area (Å²) < 4.78 is 13.6. The molecule has 0 spiro atoms. The van der Waals surface area contributed by atoms with Gasteiger partial charge in [0.1, 0.15) is 25.4 Å². The first-order valence-corrected chi connectivity index (χ1v) is 15.0. The van der Waals surface area contributed by atoms with Crippen molar-refractivity contribution in [1.29, 1.82) is 0 Å². The number of nitrogen functional groups attached to an aromatic ring is 1. The number of para-hydroxylation sites is 1.